The predicted molar refractivity (Wildman–Crippen MR) is 91.4 cm³/mol. The summed E-state index contributed by atoms with van der Waals surface area (Å²) < 4.78 is 6.16. The summed E-state index contributed by atoms with van der Waals surface area (Å²) in [6.07, 6.45) is 0. The van der Waals surface area contributed by atoms with Crippen LogP contribution in [0.25, 0.3) is 0 Å². The normalized spacial score (nSPS) is 10.7. The average molecular weight is 395 g/mol. The van der Waals surface area contributed by atoms with Crippen molar-refractivity contribution in [2.75, 3.05) is 6.61 Å². The van der Waals surface area contributed by atoms with Gasteiger partial charge in [-0.1, -0.05) is 27.5 Å². The fourth-order valence-electron chi connectivity index (χ4n) is 1.27. The van der Waals surface area contributed by atoms with Gasteiger partial charge in [0.15, 0.2) is 11.7 Å². The number of benzene rings is 1. The number of carbonyl (C=O) groups excluding carboxylic acids is 1. The van der Waals surface area contributed by atoms with Crippen LogP contribution in [-0.2, 0) is 4.79 Å². The minimum atomic E-state index is -0.368. The summed E-state index contributed by atoms with van der Waals surface area (Å²) in [5, 5.41) is 3.76. The van der Waals surface area contributed by atoms with E-state index in [1.165, 1.54) is 0 Å². The third kappa shape index (κ3) is 7.50. The third-order valence-electron chi connectivity index (χ3n) is 2.06. The lowest BCUT2D eigenvalue weighted by atomic mass is 10.1. The van der Waals surface area contributed by atoms with E-state index in [9.17, 15) is 4.79 Å². The van der Waals surface area contributed by atoms with Crippen molar-refractivity contribution in [3.05, 3.63) is 27.7 Å². The van der Waals surface area contributed by atoms with Crippen LogP contribution in [0.3, 0.4) is 0 Å². The average Bonchev–Trinajstić information content (AvgIpc) is 2.33. The van der Waals surface area contributed by atoms with Gasteiger partial charge in [-0.3, -0.25) is 15.6 Å². The predicted octanol–water partition coefficient (Wildman–Crippen LogP) is 2.78. The van der Waals surface area contributed by atoms with Crippen LogP contribution in [0.4, 0.5) is 0 Å². The topological polar surface area (TPSA) is 62.4 Å². The molecule has 21 heavy (non-hydrogen) atoms. The molecule has 0 aliphatic carbocycles. The highest BCUT2D eigenvalue weighted by Crippen LogP contribution is 2.27. The molecule has 0 aromatic heterocycles. The summed E-state index contributed by atoms with van der Waals surface area (Å²) in [7, 11) is 0. The molecule has 1 aromatic rings. The van der Waals surface area contributed by atoms with Crippen molar-refractivity contribution in [2.45, 2.75) is 26.3 Å². The van der Waals surface area contributed by atoms with Gasteiger partial charge < -0.3 is 10.1 Å². The Kier molecular flexibility index (Phi) is 6.70. The second kappa shape index (κ2) is 7.82. The molecule has 0 aliphatic rings. The number of hydrogen-bond acceptors (Lipinski definition) is 3. The van der Waals surface area contributed by atoms with E-state index in [2.05, 4.69) is 32.1 Å². The Morgan fingerprint density at radius 2 is 2.05 bits per heavy atom. The fourth-order valence-corrected chi connectivity index (χ4v) is 2.36. The number of thiocarbonyl (C=S) groups is 1. The molecule has 8 heteroatoms. The Morgan fingerprint density at radius 3 is 2.62 bits per heavy atom. The molecule has 116 valence electrons. The van der Waals surface area contributed by atoms with Crippen LogP contribution in [0.15, 0.2) is 22.7 Å². The molecule has 0 fully saturated rings. The zero-order valence-corrected chi connectivity index (χ0v) is 15.1. The lowest BCUT2D eigenvalue weighted by Crippen LogP contribution is -2.52. The number of amides is 1. The molecule has 0 spiro atoms. The van der Waals surface area contributed by atoms with Gasteiger partial charge in [0.2, 0.25) is 0 Å². The number of hydrogen-bond donors (Lipinski definition) is 3. The van der Waals surface area contributed by atoms with Crippen LogP contribution in [0.1, 0.15) is 20.8 Å². The van der Waals surface area contributed by atoms with Crippen LogP contribution in [0, 0.1) is 0 Å². The van der Waals surface area contributed by atoms with Crippen LogP contribution in [0.5, 0.6) is 5.75 Å². The molecule has 1 aromatic carbocycles. The lowest BCUT2D eigenvalue weighted by Gasteiger charge is -2.23. The first kappa shape index (κ1) is 18.0. The minimum absolute atomic E-state index is 0.174. The zero-order valence-electron chi connectivity index (χ0n) is 11.9. The van der Waals surface area contributed by atoms with E-state index in [-0.39, 0.29) is 18.1 Å². The van der Waals surface area contributed by atoms with Crippen LogP contribution in [0.2, 0.25) is 5.02 Å². The standard InChI is InChI=1S/C13H17BrClN3O2S/c1-13(2,3)16-12(21)18-17-11(19)7-20-10-5-4-8(14)6-9(10)15/h4-6H,7H2,1-3H3,(H,17,19)(H2,16,18,21). The van der Waals surface area contributed by atoms with Crippen molar-refractivity contribution in [1.29, 1.82) is 0 Å². The number of halogens is 2. The van der Waals surface area contributed by atoms with E-state index in [0.717, 1.165) is 4.47 Å². The van der Waals surface area contributed by atoms with E-state index in [0.29, 0.717) is 15.9 Å². The molecule has 0 unspecified atom stereocenters. The summed E-state index contributed by atoms with van der Waals surface area (Å²) in [4.78, 5) is 11.6. The van der Waals surface area contributed by atoms with E-state index >= 15 is 0 Å². The second-order valence-corrected chi connectivity index (χ2v) is 6.97. The first-order chi connectivity index (χ1) is 9.67. The van der Waals surface area contributed by atoms with Crippen LogP contribution in [-0.4, -0.2) is 23.2 Å². The maximum Gasteiger partial charge on any atom is 0.276 e. The minimum Gasteiger partial charge on any atom is -0.482 e. The largest absolute Gasteiger partial charge is 0.482 e. The van der Waals surface area contributed by atoms with Crippen molar-refractivity contribution < 1.29 is 9.53 Å². The molecule has 0 aliphatic heterocycles. The third-order valence-corrected chi connectivity index (χ3v) is 3.05. The Labute approximate surface area is 142 Å². The van der Waals surface area contributed by atoms with Gasteiger partial charge in [0.1, 0.15) is 5.75 Å². The highest BCUT2D eigenvalue weighted by Gasteiger charge is 2.11. The molecular weight excluding hydrogens is 378 g/mol. The first-order valence-corrected chi connectivity index (χ1v) is 7.70. The Hall–Kier alpha value is -1.05. The van der Waals surface area contributed by atoms with E-state index < -0.39 is 0 Å². The molecule has 0 atom stereocenters. The Morgan fingerprint density at radius 1 is 1.38 bits per heavy atom. The van der Waals surface area contributed by atoms with E-state index in [1.54, 1.807) is 18.2 Å². The van der Waals surface area contributed by atoms with Crippen molar-refractivity contribution in [3.63, 3.8) is 0 Å². The number of hydrazine groups is 1. The number of carbonyl (C=O) groups is 1. The maximum absolute atomic E-state index is 11.6. The monoisotopic (exact) mass is 393 g/mol. The number of ether oxygens (including phenoxy) is 1. The highest BCUT2D eigenvalue weighted by molar-refractivity contribution is 9.10. The Bertz CT molecular complexity index is 535. The van der Waals surface area contributed by atoms with Gasteiger partial charge >= 0.3 is 0 Å². The molecule has 0 saturated heterocycles. The van der Waals surface area contributed by atoms with Gasteiger partial charge in [-0.25, -0.2) is 0 Å². The molecule has 5 nitrogen and oxygen atoms in total. The zero-order chi connectivity index (χ0) is 16.0. The molecule has 1 amide bonds. The van der Waals surface area contributed by atoms with Gasteiger partial charge in [0.05, 0.1) is 5.02 Å². The molecule has 0 radical (unpaired) electrons. The van der Waals surface area contributed by atoms with Crippen LogP contribution < -0.4 is 20.9 Å². The van der Waals surface area contributed by atoms with Crippen LogP contribution >= 0.6 is 39.7 Å². The molecular formula is C13H17BrClN3O2S. The number of rotatable bonds is 3. The lowest BCUT2D eigenvalue weighted by molar-refractivity contribution is -0.123. The van der Waals surface area contributed by atoms with Crippen molar-refractivity contribution in [2.24, 2.45) is 0 Å². The van der Waals surface area contributed by atoms with Crippen molar-refractivity contribution >= 4 is 50.8 Å². The second-order valence-electron chi connectivity index (χ2n) is 5.24. The summed E-state index contributed by atoms with van der Waals surface area (Å²) >= 11 is 14.3. The van der Waals surface area contributed by atoms with Gasteiger partial charge in [0, 0.05) is 10.0 Å². The summed E-state index contributed by atoms with van der Waals surface area (Å²) in [5.41, 5.74) is 4.85. The summed E-state index contributed by atoms with van der Waals surface area (Å²) in [6, 6.07) is 5.15. The van der Waals surface area contributed by atoms with Crippen molar-refractivity contribution in [1.82, 2.24) is 16.2 Å². The Balaban J connectivity index is 2.36. The van der Waals surface area contributed by atoms with Gasteiger partial charge in [-0.2, -0.15) is 0 Å². The molecule has 0 heterocycles. The fraction of sp³-hybridized carbons (Fsp3) is 0.385. The van der Waals surface area contributed by atoms with Gasteiger partial charge in [-0.15, -0.1) is 0 Å². The molecule has 1 rings (SSSR count). The smallest absolute Gasteiger partial charge is 0.276 e. The van der Waals surface area contributed by atoms with Gasteiger partial charge in [0.25, 0.3) is 5.91 Å². The number of nitrogens with one attached hydrogen (secondary N) is 3. The highest BCUT2D eigenvalue weighted by atomic mass is 79.9. The van der Waals surface area contributed by atoms with Gasteiger partial charge in [-0.05, 0) is 51.2 Å². The summed E-state index contributed by atoms with van der Waals surface area (Å²) in [5.74, 6) is 0.0671. The van der Waals surface area contributed by atoms with E-state index in [1.807, 2.05) is 20.8 Å². The molecule has 0 bridgehead atoms. The summed E-state index contributed by atoms with van der Waals surface area (Å²) in [6.45, 7) is 5.71. The quantitative estimate of drug-likeness (QED) is 0.543. The SMILES string of the molecule is CC(C)(C)NC(=S)NNC(=O)COc1ccc(Br)cc1Cl. The molecule has 0 saturated carbocycles. The maximum atomic E-state index is 11.6. The molecule has 3 N–H and O–H groups in total. The van der Waals surface area contributed by atoms with E-state index in [4.69, 9.17) is 28.6 Å². The van der Waals surface area contributed by atoms with Crippen molar-refractivity contribution in [3.8, 4) is 5.75 Å². The first-order valence-electron chi connectivity index (χ1n) is 6.12.